The maximum atomic E-state index is 9.73. The minimum Gasteiger partial charge on any atom is -0.480 e. The third-order valence-corrected chi connectivity index (χ3v) is 0.552. The molecular weight excluding hydrogens is 157 g/mol. The molecule has 0 aromatic carbocycles. The van der Waals surface area contributed by atoms with E-state index >= 15 is 0 Å². The lowest BCUT2D eigenvalue weighted by molar-refractivity contribution is -0.137. The molecule has 0 spiro atoms. The van der Waals surface area contributed by atoms with Crippen molar-refractivity contribution in [3.63, 3.8) is 0 Å². The average Bonchev–Trinajstić information content (AvgIpc) is 1.63. The number of hydrogen-bond acceptors (Lipinski definition) is 3. The van der Waals surface area contributed by atoms with Crippen LogP contribution in [0.5, 0.6) is 0 Å². The highest BCUT2D eigenvalue weighted by Crippen LogP contribution is 1.61. The van der Waals surface area contributed by atoms with E-state index in [4.69, 9.17) is 10.2 Å². The Hall–Kier alpha value is -0.670. The standard InChI is InChI=1S/C4H7NO4.H3P/c6-3(7)1-5-2-4(8)9;/h5H,1-2H2,(H,6,7)(H,8,9);1H3. The Morgan fingerprint density at radius 1 is 1.10 bits per heavy atom. The lowest BCUT2D eigenvalue weighted by Crippen LogP contribution is -2.27. The van der Waals surface area contributed by atoms with Crippen molar-refractivity contribution in [3.05, 3.63) is 0 Å². The Morgan fingerprint density at radius 3 is 1.60 bits per heavy atom. The number of carboxylic acids is 2. The molecule has 0 saturated carbocycles. The van der Waals surface area contributed by atoms with Crippen molar-refractivity contribution < 1.29 is 19.8 Å². The number of aliphatic carboxylic acids is 2. The van der Waals surface area contributed by atoms with Gasteiger partial charge in [0.25, 0.3) is 0 Å². The van der Waals surface area contributed by atoms with Gasteiger partial charge in [-0.05, 0) is 0 Å². The van der Waals surface area contributed by atoms with Crippen LogP contribution < -0.4 is 5.32 Å². The maximum Gasteiger partial charge on any atom is 0.317 e. The van der Waals surface area contributed by atoms with Crippen LogP contribution in [0.25, 0.3) is 0 Å². The lowest BCUT2D eigenvalue weighted by atomic mass is 10.6. The first-order valence-electron chi connectivity index (χ1n) is 2.27. The van der Waals surface area contributed by atoms with Crippen LogP contribution in [0.1, 0.15) is 0 Å². The summed E-state index contributed by atoms with van der Waals surface area (Å²) in [7, 11) is 0. The molecule has 0 aromatic heterocycles. The van der Waals surface area contributed by atoms with Crippen LogP contribution in [-0.2, 0) is 9.59 Å². The first kappa shape index (κ1) is 12.0. The predicted molar refractivity (Wildman–Crippen MR) is 39.2 cm³/mol. The second-order valence-electron chi connectivity index (χ2n) is 1.39. The lowest BCUT2D eigenvalue weighted by Gasteiger charge is -1.93. The summed E-state index contributed by atoms with van der Waals surface area (Å²) in [6.07, 6.45) is 0. The molecule has 0 amide bonds. The summed E-state index contributed by atoms with van der Waals surface area (Å²) in [6, 6.07) is 0. The van der Waals surface area contributed by atoms with E-state index in [1.54, 1.807) is 0 Å². The van der Waals surface area contributed by atoms with Crippen molar-refractivity contribution in [1.82, 2.24) is 5.32 Å². The van der Waals surface area contributed by atoms with Gasteiger partial charge in [-0.2, -0.15) is 9.90 Å². The molecule has 1 unspecified atom stereocenters. The van der Waals surface area contributed by atoms with Gasteiger partial charge in [-0.15, -0.1) is 0 Å². The van der Waals surface area contributed by atoms with Crippen molar-refractivity contribution in [2.24, 2.45) is 0 Å². The molecular formula is C4H10NO4P. The SMILES string of the molecule is O=C(O)CNCC(=O)O.P. The molecule has 0 aliphatic carbocycles. The zero-order chi connectivity index (χ0) is 7.28. The van der Waals surface area contributed by atoms with Gasteiger partial charge in [0.1, 0.15) is 0 Å². The van der Waals surface area contributed by atoms with Crippen molar-refractivity contribution in [2.75, 3.05) is 13.1 Å². The van der Waals surface area contributed by atoms with Crippen LogP contribution in [0.2, 0.25) is 0 Å². The highest BCUT2D eigenvalue weighted by molar-refractivity contribution is 6.92. The van der Waals surface area contributed by atoms with Crippen molar-refractivity contribution >= 4 is 21.8 Å². The summed E-state index contributed by atoms with van der Waals surface area (Å²) in [5.41, 5.74) is 0. The topological polar surface area (TPSA) is 86.6 Å². The minimum absolute atomic E-state index is 0. The van der Waals surface area contributed by atoms with Gasteiger partial charge in [0.05, 0.1) is 13.1 Å². The molecule has 6 heteroatoms. The fourth-order valence-electron chi connectivity index (χ4n) is 0.276. The van der Waals surface area contributed by atoms with Gasteiger partial charge in [-0.25, -0.2) is 0 Å². The summed E-state index contributed by atoms with van der Waals surface area (Å²) in [5.74, 6) is -2.12. The average molecular weight is 167 g/mol. The Kier molecular flexibility index (Phi) is 7.77. The van der Waals surface area contributed by atoms with E-state index in [0.717, 1.165) is 0 Å². The Bertz CT molecular complexity index is 112. The molecule has 0 bridgehead atoms. The van der Waals surface area contributed by atoms with Gasteiger partial charge in [0, 0.05) is 0 Å². The highest BCUT2D eigenvalue weighted by Gasteiger charge is 1.97. The summed E-state index contributed by atoms with van der Waals surface area (Å²) in [5, 5.41) is 18.1. The molecule has 0 fully saturated rings. The maximum absolute atomic E-state index is 9.73. The monoisotopic (exact) mass is 167 g/mol. The molecule has 0 aromatic rings. The smallest absolute Gasteiger partial charge is 0.317 e. The van der Waals surface area contributed by atoms with E-state index in [-0.39, 0.29) is 23.0 Å². The van der Waals surface area contributed by atoms with Crippen molar-refractivity contribution in [3.8, 4) is 0 Å². The molecule has 5 nitrogen and oxygen atoms in total. The van der Waals surface area contributed by atoms with Gasteiger partial charge in [0.15, 0.2) is 0 Å². The second-order valence-corrected chi connectivity index (χ2v) is 1.39. The van der Waals surface area contributed by atoms with Gasteiger partial charge in [0.2, 0.25) is 0 Å². The molecule has 60 valence electrons. The quantitative estimate of drug-likeness (QED) is 0.458. The Labute approximate surface area is 61.0 Å². The molecule has 0 aliphatic rings. The Balaban J connectivity index is 0. The van der Waals surface area contributed by atoms with Gasteiger partial charge in [-0.1, -0.05) is 0 Å². The third kappa shape index (κ3) is 10.3. The number of nitrogens with one attached hydrogen (secondary N) is 1. The van der Waals surface area contributed by atoms with Crippen LogP contribution in [-0.4, -0.2) is 35.2 Å². The summed E-state index contributed by atoms with van der Waals surface area (Å²) in [4.78, 5) is 19.5. The van der Waals surface area contributed by atoms with E-state index < -0.39 is 11.9 Å². The fraction of sp³-hybridized carbons (Fsp3) is 0.500. The van der Waals surface area contributed by atoms with Crippen LogP contribution >= 0.6 is 9.90 Å². The normalized spacial score (nSPS) is 8.00. The number of hydrogen-bond donors (Lipinski definition) is 3. The molecule has 0 rings (SSSR count). The van der Waals surface area contributed by atoms with Crippen molar-refractivity contribution in [2.45, 2.75) is 0 Å². The zero-order valence-electron chi connectivity index (χ0n) is 5.33. The first-order valence-corrected chi connectivity index (χ1v) is 2.27. The number of carboxylic acid groups (broad SMARTS) is 2. The van der Waals surface area contributed by atoms with E-state index in [0.29, 0.717) is 0 Å². The van der Waals surface area contributed by atoms with Crippen LogP contribution in [0.15, 0.2) is 0 Å². The van der Waals surface area contributed by atoms with Gasteiger partial charge in [-0.3, -0.25) is 14.9 Å². The second kappa shape index (κ2) is 6.45. The molecule has 10 heavy (non-hydrogen) atoms. The molecule has 0 aliphatic heterocycles. The van der Waals surface area contributed by atoms with Gasteiger partial charge < -0.3 is 10.2 Å². The van der Waals surface area contributed by atoms with Gasteiger partial charge >= 0.3 is 11.9 Å². The zero-order valence-corrected chi connectivity index (χ0v) is 6.75. The van der Waals surface area contributed by atoms with Crippen LogP contribution in [0, 0.1) is 0 Å². The van der Waals surface area contributed by atoms with E-state index in [2.05, 4.69) is 5.32 Å². The third-order valence-electron chi connectivity index (χ3n) is 0.552. The van der Waals surface area contributed by atoms with E-state index in [1.807, 2.05) is 0 Å². The Morgan fingerprint density at radius 2 is 1.40 bits per heavy atom. The highest BCUT2D eigenvalue weighted by atomic mass is 31.0. The molecule has 3 N–H and O–H groups in total. The number of carbonyl (C=O) groups is 2. The number of rotatable bonds is 4. The summed E-state index contributed by atoms with van der Waals surface area (Å²) < 4.78 is 0. The molecule has 0 heterocycles. The molecule has 0 saturated heterocycles. The first-order chi connectivity index (χ1) is 4.13. The van der Waals surface area contributed by atoms with E-state index in [1.165, 1.54) is 0 Å². The largest absolute Gasteiger partial charge is 0.480 e. The predicted octanol–water partition coefficient (Wildman–Crippen LogP) is -1.20. The molecule has 1 atom stereocenters. The van der Waals surface area contributed by atoms with Crippen LogP contribution in [0.3, 0.4) is 0 Å². The van der Waals surface area contributed by atoms with Crippen LogP contribution in [0.4, 0.5) is 0 Å². The fourth-order valence-corrected chi connectivity index (χ4v) is 0.276. The van der Waals surface area contributed by atoms with E-state index in [9.17, 15) is 9.59 Å². The minimum atomic E-state index is -1.06. The van der Waals surface area contributed by atoms with Crippen molar-refractivity contribution in [1.29, 1.82) is 0 Å². The summed E-state index contributed by atoms with van der Waals surface area (Å²) in [6.45, 7) is -0.626. The molecule has 0 radical (unpaired) electrons. The summed E-state index contributed by atoms with van der Waals surface area (Å²) >= 11 is 0.